The summed E-state index contributed by atoms with van der Waals surface area (Å²) in [5.74, 6) is 2.60. The molecule has 0 bridgehead atoms. The average Bonchev–Trinajstić information content (AvgIpc) is 3.35. The molecule has 1 aromatic heterocycles. The van der Waals surface area contributed by atoms with Gasteiger partial charge in [-0.1, -0.05) is 25.5 Å². The molecule has 2 atom stereocenters. The Kier molecular flexibility index (Phi) is 5.19. The molecule has 0 radical (unpaired) electrons. The van der Waals surface area contributed by atoms with Crippen LogP contribution in [0.1, 0.15) is 50.5 Å². The van der Waals surface area contributed by atoms with Gasteiger partial charge in [0.1, 0.15) is 11.4 Å². The molecule has 2 unspecified atom stereocenters. The predicted octanol–water partition coefficient (Wildman–Crippen LogP) is 1.96. The molecule has 2 fully saturated rings. The van der Waals surface area contributed by atoms with E-state index < -0.39 is 5.54 Å². The number of rotatable bonds is 7. The molecule has 2 aliphatic carbocycles. The number of anilines is 1. The molecule has 6 heteroatoms. The van der Waals surface area contributed by atoms with Gasteiger partial charge >= 0.3 is 0 Å². The zero-order valence-corrected chi connectivity index (χ0v) is 16.3. The van der Waals surface area contributed by atoms with E-state index in [0.717, 1.165) is 55.6 Å². The van der Waals surface area contributed by atoms with Crippen molar-refractivity contribution in [3.8, 4) is 0 Å². The van der Waals surface area contributed by atoms with Crippen LogP contribution >= 0.6 is 0 Å². The van der Waals surface area contributed by atoms with Gasteiger partial charge in [-0.3, -0.25) is 0 Å². The van der Waals surface area contributed by atoms with E-state index in [0.29, 0.717) is 18.3 Å². The summed E-state index contributed by atoms with van der Waals surface area (Å²) in [6, 6.07) is 2.70. The van der Waals surface area contributed by atoms with E-state index in [2.05, 4.69) is 23.2 Å². The second-order valence-electron chi connectivity index (χ2n) is 8.39. The van der Waals surface area contributed by atoms with Gasteiger partial charge in [0, 0.05) is 43.0 Å². The second-order valence-corrected chi connectivity index (χ2v) is 8.39. The molecule has 5 N–H and O–H groups in total. The maximum absolute atomic E-state index is 6.66. The normalized spacial score (nSPS) is 27.9. The Morgan fingerprint density at radius 3 is 2.89 bits per heavy atom. The molecule has 146 valence electrons. The van der Waals surface area contributed by atoms with E-state index >= 15 is 0 Å². The van der Waals surface area contributed by atoms with Crippen LogP contribution in [0.25, 0.3) is 0 Å². The van der Waals surface area contributed by atoms with E-state index in [1.54, 1.807) is 0 Å². The van der Waals surface area contributed by atoms with Crippen molar-refractivity contribution in [2.75, 3.05) is 24.5 Å². The summed E-state index contributed by atoms with van der Waals surface area (Å²) in [5.41, 5.74) is 13.8. The topological polar surface area (TPSA) is 93.1 Å². The van der Waals surface area contributed by atoms with Crippen LogP contribution in [0.5, 0.6) is 0 Å². The molecule has 1 aromatic rings. The SMILES string of the molecule is CCCc1cc(N2CCC(NCC3CC3)C2)nc(C2(N)C=CC=C(N)C2)n1. The highest BCUT2D eigenvalue weighted by Gasteiger charge is 2.32. The molecule has 1 saturated carbocycles. The summed E-state index contributed by atoms with van der Waals surface area (Å²) < 4.78 is 0. The van der Waals surface area contributed by atoms with E-state index in [4.69, 9.17) is 21.4 Å². The molecule has 2 heterocycles. The highest BCUT2D eigenvalue weighted by molar-refractivity contribution is 5.43. The zero-order valence-electron chi connectivity index (χ0n) is 16.3. The minimum absolute atomic E-state index is 0.554. The minimum atomic E-state index is -0.722. The first-order chi connectivity index (χ1) is 13.1. The second kappa shape index (κ2) is 7.60. The Balaban J connectivity index is 1.54. The standard InChI is InChI=1S/C21H32N6/c1-2-4-17-11-19(27-10-8-18(14-27)24-13-15-6-7-15)26-20(25-17)21(23)9-3-5-16(22)12-21/h3,5,9,11,15,18,24H,2,4,6-8,10,12-14,22-23H2,1H3. The van der Waals surface area contributed by atoms with E-state index in [-0.39, 0.29) is 0 Å². The summed E-state index contributed by atoms with van der Waals surface area (Å²) in [5, 5.41) is 3.73. The predicted molar refractivity (Wildman–Crippen MR) is 109 cm³/mol. The first-order valence-electron chi connectivity index (χ1n) is 10.4. The van der Waals surface area contributed by atoms with Crippen molar-refractivity contribution in [2.24, 2.45) is 17.4 Å². The molecule has 0 spiro atoms. The molecular weight excluding hydrogens is 336 g/mol. The lowest BCUT2D eigenvalue weighted by Gasteiger charge is -2.29. The van der Waals surface area contributed by atoms with Crippen LogP contribution < -0.4 is 21.7 Å². The summed E-state index contributed by atoms with van der Waals surface area (Å²) >= 11 is 0. The molecule has 1 aliphatic heterocycles. The third-order valence-corrected chi connectivity index (χ3v) is 5.79. The number of hydrogen-bond acceptors (Lipinski definition) is 6. The molecule has 3 aliphatic rings. The van der Waals surface area contributed by atoms with Crippen molar-refractivity contribution in [1.82, 2.24) is 15.3 Å². The fourth-order valence-electron chi connectivity index (χ4n) is 3.98. The van der Waals surface area contributed by atoms with Crippen LogP contribution in [0.3, 0.4) is 0 Å². The summed E-state index contributed by atoms with van der Waals surface area (Å²) in [4.78, 5) is 12.1. The lowest BCUT2D eigenvalue weighted by Crippen LogP contribution is -2.40. The number of aryl methyl sites for hydroxylation is 1. The molecule has 27 heavy (non-hydrogen) atoms. The average molecular weight is 369 g/mol. The van der Waals surface area contributed by atoms with E-state index in [9.17, 15) is 0 Å². The molecule has 4 rings (SSSR count). The molecular formula is C21H32N6. The maximum atomic E-state index is 6.66. The van der Waals surface area contributed by atoms with Gasteiger partial charge in [-0.25, -0.2) is 9.97 Å². The molecule has 6 nitrogen and oxygen atoms in total. The van der Waals surface area contributed by atoms with Crippen LogP contribution in [-0.2, 0) is 12.0 Å². The van der Waals surface area contributed by atoms with Crippen molar-refractivity contribution in [3.05, 3.63) is 41.5 Å². The van der Waals surface area contributed by atoms with Crippen LogP contribution in [0.15, 0.2) is 30.0 Å². The van der Waals surface area contributed by atoms with Gasteiger partial charge in [0.2, 0.25) is 0 Å². The Morgan fingerprint density at radius 2 is 2.15 bits per heavy atom. The van der Waals surface area contributed by atoms with Crippen LogP contribution in [0, 0.1) is 5.92 Å². The number of allylic oxidation sites excluding steroid dienone is 2. The highest BCUT2D eigenvalue weighted by atomic mass is 15.2. The van der Waals surface area contributed by atoms with Gasteiger partial charge < -0.3 is 21.7 Å². The van der Waals surface area contributed by atoms with Gasteiger partial charge in [-0.2, -0.15) is 0 Å². The van der Waals surface area contributed by atoms with Gasteiger partial charge in [0.15, 0.2) is 5.82 Å². The van der Waals surface area contributed by atoms with Crippen LogP contribution in [0.4, 0.5) is 5.82 Å². The number of nitrogens with zero attached hydrogens (tertiary/aromatic N) is 3. The highest BCUT2D eigenvalue weighted by Crippen LogP contribution is 2.30. The van der Waals surface area contributed by atoms with Crippen LogP contribution in [0.2, 0.25) is 0 Å². The third-order valence-electron chi connectivity index (χ3n) is 5.79. The lowest BCUT2D eigenvalue weighted by molar-refractivity contribution is 0.505. The van der Waals surface area contributed by atoms with Gasteiger partial charge in [-0.15, -0.1) is 0 Å². The first kappa shape index (κ1) is 18.4. The van der Waals surface area contributed by atoms with Crippen molar-refractivity contribution in [3.63, 3.8) is 0 Å². The van der Waals surface area contributed by atoms with Gasteiger partial charge in [-0.05, 0) is 44.2 Å². The first-order valence-corrected chi connectivity index (χ1v) is 10.4. The maximum Gasteiger partial charge on any atom is 0.155 e. The number of hydrogen-bond donors (Lipinski definition) is 3. The quantitative estimate of drug-likeness (QED) is 0.681. The number of aromatic nitrogens is 2. The Labute approximate surface area is 162 Å². The van der Waals surface area contributed by atoms with E-state index in [1.807, 2.05) is 18.2 Å². The summed E-state index contributed by atoms with van der Waals surface area (Å²) in [7, 11) is 0. The van der Waals surface area contributed by atoms with Crippen molar-refractivity contribution in [1.29, 1.82) is 0 Å². The largest absolute Gasteiger partial charge is 0.402 e. The summed E-state index contributed by atoms with van der Waals surface area (Å²) in [6.07, 6.45) is 12.3. The molecule has 0 amide bonds. The number of nitrogens with two attached hydrogens (primary N) is 2. The van der Waals surface area contributed by atoms with Crippen LogP contribution in [-0.4, -0.2) is 35.6 Å². The lowest BCUT2D eigenvalue weighted by atomic mass is 9.89. The van der Waals surface area contributed by atoms with Gasteiger partial charge in [0.25, 0.3) is 0 Å². The Hall–Kier alpha value is -1.92. The van der Waals surface area contributed by atoms with Crippen molar-refractivity contribution in [2.45, 2.75) is 57.0 Å². The number of nitrogens with one attached hydrogen (secondary N) is 1. The molecule has 0 aromatic carbocycles. The third kappa shape index (κ3) is 4.33. The Bertz CT molecular complexity index is 738. The van der Waals surface area contributed by atoms with Gasteiger partial charge in [0.05, 0.1) is 0 Å². The zero-order chi connectivity index (χ0) is 18.9. The Morgan fingerprint density at radius 1 is 1.30 bits per heavy atom. The fourth-order valence-corrected chi connectivity index (χ4v) is 3.98. The smallest absolute Gasteiger partial charge is 0.155 e. The summed E-state index contributed by atoms with van der Waals surface area (Å²) in [6.45, 7) is 5.37. The molecule has 1 saturated heterocycles. The van der Waals surface area contributed by atoms with Crippen molar-refractivity contribution >= 4 is 5.82 Å². The minimum Gasteiger partial charge on any atom is -0.402 e. The fraction of sp³-hybridized carbons (Fsp3) is 0.619. The van der Waals surface area contributed by atoms with Crippen molar-refractivity contribution < 1.29 is 0 Å². The van der Waals surface area contributed by atoms with E-state index in [1.165, 1.54) is 19.3 Å². The monoisotopic (exact) mass is 368 g/mol.